The van der Waals surface area contributed by atoms with Crippen LogP contribution in [0.4, 0.5) is 13.2 Å². The largest absolute Gasteiger partial charge is 0.490 e. The predicted molar refractivity (Wildman–Crippen MR) is 182 cm³/mol. The van der Waals surface area contributed by atoms with E-state index in [2.05, 4.69) is 21.3 Å². The lowest BCUT2D eigenvalue weighted by Gasteiger charge is -2.41. The number of amides is 4. The number of carbonyl (C=O) groups is 6. The van der Waals surface area contributed by atoms with Gasteiger partial charge in [0, 0.05) is 0 Å². The van der Waals surface area contributed by atoms with E-state index in [0.717, 1.165) is 0 Å². The Bertz CT molecular complexity index is 1600. The summed E-state index contributed by atoms with van der Waals surface area (Å²) in [6, 6.07) is -4.87. The number of methoxy groups -OCH3 is 1. The molecule has 4 amide bonds. The third-order valence-corrected chi connectivity index (χ3v) is 10.2. The molecular formula is C34H50F3N5O16. The van der Waals surface area contributed by atoms with Gasteiger partial charge in [-0.1, -0.05) is 0 Å². The Balaban J connectivity index is 0.000000839. The quantitative estimate of drug-likeness (QED) is 0.136. The molecule has 7 N–H and O–H groups in total. The molecule has 21 nitrogen and oxygen atoms in total. The molecule has 0 unspecified atom stereocenters. The smallest absolute Gasteiger partial charge is 0.475 e. The Hall–Kier alpha value is -3.75. The van der Waals surface area contributed by atoms with Gasteiger partial charge in [0.2, 0.25) is 23.6 Å². The van der Waals surface area contributed by atoms with E-state index < -0.39 is 145 Å². The standard InChI is InChI=1S/C32H49N5O14.C2HF3O2/c1-11(33)24(38)36-16-14(9-44-20-18(16)46-29-22(20)48-31(4,5)50-29)26(40)34-12(2)25(39)37-17-15(27(41)35-13(3)28(42)43-8)10-45-21-19(17)47-30-23(21)49-32(6,7)51-30;3-2(4,5)1(6)7/h11-23,29-30H,9-10,33H2,1-8H3,(H,34,40)(H,35,41)(H,36,38)(H,37,39);(H,6,7)/t11-,12-,13-,14-,15-,16-,17-,18+,19+,20-,21-,22+,23+,29+,30+;/m0./s1. The van der Waals surface area contributed by atoms with E-state index in [1.54, 1.807) is 27.7 Å². The highest BCUT2D eigenvalue weighted by Gasteiger charge is 2.62. The van der Waals surface area contributed by atoms with Crippen LogP contribution in [0.3, 0.4) is 0 Å². The fourth-order valence-corrected chi connectivity index (χ4v) is 7.43. The van der Waals surface area contributed by atoms with Crippen LogP contribution in [-0.2, 0) is 71.4 Å². The van der Waals surface area contributed by atoms with Gasteiger partial charge in [-0.15, -0.1) is 0 Å². The second kappa shape index (κ2) is 17.1. The Morgan fingerprint density at radius 3 is 1.47 bits per heavy atom. The van der Waals surface area contributed by atoms with Gasteiger partial charge in [-0.2, -0.15) is 13.2 Å². The average molecular weight is 842 g/mol. The number of hydrogen-bond acceptors (Lipinski definition) is 16. The first-order valence-corrected chi connectivity index (χ1v) is 18.4. The number of carboxylic acid groups (broad SMARTS) is 1. The Kier molecular flexibility index (Phi) is 13.4. The minimum atomic E-state index is -5.08. The van der Waals surface area contributed by atoms with Crippen LogP contribution in [-0.4, -0.2) is 158 Å². The van der Waals surface area contributed by atoms with Crippen molar-refractivity contribution in [1.82, 2.24) is 21.3 Å². The number of nitrogens with one attached hydrogen (secondary N) is 4. The van der Waals surface area contributed by atoms with Gasteiger partial charge in [0.1, 0.15) is 48.7 Å². The highest BCUT2D eigenvalue weighted by atomic mass is 19.4. The zero-order valence-corrected chi connectivity index (χ0v) is 32.9. The van der Waals surface area contributed by atoms with Crippen LogP contribution >= 0.6 is 0 Å². The van der Waals surface area contributed by atoms with Crippen LogP contribution in [0.1, 0.15) is 48.5 Å². The van der Waals surface area contributed by atoms with E-state index in [1.807, 2.05) is 0 Å². The third-order valence-electron chi connectivity index (χ3n) is 10.2. The first-order chi connectivity index (χ1) is 26.8. The number of esters is 1. The van der Waals surface area contributed by atoms with Crippen molar-refractivity contribution in [1.29, 1.82) is 0 Å². The zero-order chi connectivity index (χ0) is 43.2. The molecule has 0 radical (unpaired) electrons. The normalized spacial score (nSPS) is 36.8. The van der Waals surface area contributed by atoms with Gasteiger partial charge in [0.05, 0.1) is 50.3 Å². The van der Waals surface area contributed by atoms with Gasteiger partial charge in [-0.05, 0) is 48.5 Å². The zero-order valence-electron chi connectivity index (χ0n) is 32.9. The van der Waals surface area contributed by atoms with Crippen molar-refractivity contribution in [3.05, 3.63) is 0 Å². The molecule has 0 aromatic rings. The maximum Gasteiger partial charge on any atom is 0.490 e. The monoisotopic (exact) mass is 841 g/mol. The number of carbonyl (C=O) groups excluding carboxylic acids is 5. The number of nitrogens with two attached hydrogens (primary N) is 1. The van der Waals surface area contributed by atoms with Crippen molar-refractivity contribution in [2.24, 2.45) is 17.6 Å². The molecule has 6 aliphatic rings. The van der Waals surface area contributed by atoms with E-state index >= 15 is 0 Å². The number of fused-ring (bicyclic) bond motifs is 6. The molecule has 0 bridgehead atoms. The summed E-state index contributed by atoms with van der Waals surface area (Å²) in [6.07, 6.45) is -10.9. The number of carboxylic acids is 1. The third kappa shape index (κ3) is 9.81. The fraction of sp³-hybridized carbons (Fsp3) is 0.824. The van der Waals surface area contributed by atoms with Crippen LogP contribution in [0.25, 0.3) is 0 Å². The lowest BCUT2D eigenvalue weighted by Crippen LogP contribution is -2.65. The molecule has 6 aliphatic heterocycles. The average Bonchev–Trinajstić information content (AvgIpc) is 3.82. The molecule has 15 atom stereocenters. The second-order valence-corrected chi connectivity index (χ2v) is 15.6. The topological polar surface area (TPSA) is 280 Å². The van der Waals surface area contributed by atoms with Gasteiger partial charge in [0.25, 0.3) is 0 Å². The van der Waals surface area contributed by atoms with Gasteiger partial charge in [0.15, 0.2) is 24.2 Å². The molecule has 0 aromatic carbocycles. The minimum absolute atomic E-state index is 0.126. The van der Waals surface area contributed by atoms with Crippen molar-refractivity contribution in [3.63, 3.8) is 0 Å². The fourth-order valence-electron chi connectivity index (χ4n) is 7.43. The summed E-state index contributed by atoms with van der Waals surface area (Å²) in [5.74, 6) is -9.60. The highest BCUT2D eigenvalue weighted by Crippen LogP contribution is 2.44. The summed E-state index contributed by atoms with van der Waals surface area (Å²) in [4.78, 5) is 74.8. The molecule has 328 valence electrons. The molecule has 0 aliphatic carbocycles. The molecule has 0 aromatic heterocycles. The molecule has 6 fully saturated rings. The maximum absolute atomic E-state index is 13.8. The van der Waals surface area contributed by atoms with Crippen LogP contribution < -0.4 is 27.0 Å². The van der Waals surface area contributed by atoms with Crippen LogP contribution in [0.2, 0.25) is 0 Å². The summed E-state index contributed by atoms with van der Waals surface area (Å²) in [6.45, 7) is 11.1. The number of aliphatic carboxylic acids is 1. The number of hydrogen-bond donors (Lipinski definition) is 6. The van der Waals surface area contributed by atoms with Crippen molar-refractivity contribution >= 4 is 35.6 Å². The lowest BCUT2D eigenvalue weighted by atomic mass is 9.87. The van der Waals surface area contributed by atoms with E-state index in [-0.39, 0.29) is 13.2 Å². The van der Waals surface area contributed by atoms with E-state index in [4.69, 9.17) is 58.3 Å². The maximum atomic E-state index is 13.8. The number of ether oxygens (including phenoxy) is 9. The minimum Gasteiger partial charge on any atom is -0.475 e. The Morgan fingerprint density at radius 1 is 0.690 bits per heavy atom. The van der Waals surface area contributed by atoms with E-state index in [9.17, 15) is 37.1 Å². The number of alkyl halides is 3. The molecule has 0 spiro atoms. The predicted octanol–water partition coefficient (Wildman–Crippen LogP) is -2.10. The summed E-state index contributed by atoms with van der Waals surface area (Å²) in [7, 11) is 1.20. The van der Waals surface area contributed by atoms with Crippen LogP contribution in [0.5, 0.6) is 0 Å². The van der Waals surface area contributed by atoms with Crippen LogP contribution in [0.15, 0.2) is 0 Å². The first-order valence-electron chi connectivity index (χ1n) is 18.4. The first kappa shape index (κ1) is 45.3. The lowest BCUT2D eigenvalue weighted by molar-refractivity contribution is -0.233. The van der Waals surface area contributed by atoms with Crippen LogP contribution in [0, 0.1) is 11.8 Å². The van der Waals surface area contributed by atoms with E-state index in [0.29, 0.717) is 0 Å². The van der Waals surface area contributed by atoms with Crippen molar-refractivity contribution in [2.75, 3.05) is 20.3 Å². The molecule has 58 heavy (non-hydrogen) atoms. The molecular weight excluding hydrogens is 791 g/mol. The summed E-state index contributed by atoms with van der Waals surface area (Å²) < 4.78 is 84.6. The van der Waals surface area contributed by atoms with Gasteiger partial charge in [-0.3, -0.25) is 19.2 Å². The SMILES string of the molecule is COC(=O)[C@H](C)NC(=O)[C@H]1CO[C@H]2[C@H](O[C@@H]3OC(C)(C)O[C@@H]32)[C@H]1NC(=O)[C@H](C)NC(=O)[C@H]1CO[C@H]2[C@H](O[C@@H]3OC(C)(C)O[C@@H]32)[C@H]1NC(=O)[C@H](C)N.O=C(O)C(F)(F)F. The van der Waals surface area contributed by atoms with Gasteiger partial charge >= 0.3 is 18.1 Å². The molecule has 6 heterocycles. The van der Waals surface area contributed by atoms with Gasteiger partial charge < -0.3 is 74.7 Å². The Morgan fingerprint density at radius 2 is 1.09 bits per heavy atom. The molecule has 6 rings (SSSR count). The summed E-state index contributed by atoms with van der Waals surface area (Å²) in [5, 5.41) is 18.1. The number of halogens is 3. The molecule has 6 saturated heterocycles. The second-order valence-electron chi connectivity index (χ2n) is 15.6. The summed E-state index contributed by atoms with van der Waals surface area (Å²) in [5.41, 5.74) is 5.84. The Labute approximate surface area is 330 Å². The van der Waals surface area contributed by atoms with Crippen molar-refractivity contribution in [3.8, 4) is 0 Å². The van der Waals surface area contributed by atoms with E-state index in [1.165, 1.54) is 27.9 Å². The van der Waals surface area contributed by atoms with Crippen molar-refractivity contribution in [2.45, 2.75) is 146 Å². The van der Waals surface area contributed by atoms with Crippen molar-refractivity contribution < 1.29 is 89.7 Å². The molecule has 0 saturated carbocycles. The van der Waals surface area contributed by atoms with Gasteiger partial charge in [-0.25, -0.2) is 9.59 Å². The highest BCUT2D eigenvalue weighted by molar-refractivity contribution is 5.91. The molecule has 24 heteroatoms. The summed E-state index contributed by atoms with van der Waals surface area (Å²) >= 11 is 0. The number of rotatable bonds is 9.